The second-order valence-electron chi connectivity index (χ2n) is 8.09. The van der Waals surface area contributed by atoms with Crippen LogP contribution in [0, 0.1) is 16.7 Å². The largest absolute Gasteiger partial charge is 0.480 e. The maximum absolute atomic E-state index is 13.0. The lowest BCUT2D eigenvalue weighted by atomic mass is 9.86. The Hall–Kier alpha value is -3.41. The van der Waals surface area contributed by atoms with Crippen LogP contribution in [0.25, 0.3) is 10.9 Å². The second-order valence-corrected chi connectivity index (χ2v) is 8.09. The first kappa shape index (κ1) is 22.9. The highest BCUT2D eigenvalue weighted by Crippen LogP contribution is 2.22. The van der Waals surface area contributed by atoms with Gasteiger partial charge in [-0.2, -0.15) is 10.4 Å². The molecule has 0 saturated carbocycles. The van der Waals surface area contributed by atoms with E-state index < -0.39 is 35.8 Å². The van der Waals surface area contributed by atoms with Gasteiger partial charge in [-0.3, -0.25) is 19.1 Å². The Morgan fingerprint density at radius 2 is 1.93 bits per heavy atom. The molecule has 3 N–H and O–H groups in total. The van der Waals surface area contributed by atoms with Gasteiger partial charge < -0.3 is 15.7 Å². The third kappa shape index (κ3) is 5.80. The Morgan fingerprint density at radius 3 is 2.57 bits per heavy atom. The van der Waals surface area contributed by atoms with Gasteiger partial charge in [0.15, 0.2) is 5.69 Å². The zero-order chi connectivity index (χ0) is 22.3. The Balaban J connectivity index is 2.26. The van der Waals surface area contributed by atoms with Crippen LogP contribution in [-0.2, 0) is 16.1 Å². The molecule has 0 bridgehead atoms. The van der Waals surface area contributed by atoms with Crippen LogP contribution in [-0.4, -0.2) is 45.3 Å². The number of para-hydroxylation sites is 1. The lowest BCUT2D eigenvalue weighted by Crippen LogP contribution is -2.54. The highest BCUT2D eigenvalue weighted by atomic mass is 16.4. The number of rotatable bonds is 9. The van der Waals surface area contributed by atoms with Gasteiger partial charge in [0, 0.05) is 18.4 Å². The van der Waals surface area contributed by atoms with E-state index in [0.717, 1.165) is 18.4 Å². The third-order valence-electron chi connectivity index (χ3n) is 4.60. The van der Waals surface area contributed by atoms with Crippen molar-refractivity contribution in [2.45, 2.75) is 52.6 Å². The molecule has 1 heterocycles. The number of unbranched alkanes of at least 4 members (excludes halogenated alkanes) is 2. The molecule has 9 heteroatoms. The molecule has 2 amide bonds. The minimum atomic E-state index is -1.16. The van der Waals surface area contributed by atoms with Gasteiger partial charge in [0.1, 0.15) is 12.6 Å². The summed E-state index contributed by atoms with van der Waals surface area (Å²) in [5.41, 5.74) is 0.349. The molecule has 1 atom stereocenters. The highest BCUT2D eigenvalue weighted by molar-refractivity contribution is 6.06. The van der Waals surface area contributed by atoms with Crippen LogP contribution in [0.2, 0.25) is 0 Å². The molecule has 0 unspecified atom stereocenters. The number of hydrogen-bond donors (Lipinski definition) is 3. The summed E-state index contributed by atoms with van der Waals surface area (Å²) in [6, 6.07) is 8.49. The standard InChI is InChI=1S/C21H27N5O4/c1-21(2,3)18(20(30)23-13-16(27)28)24-19(29)17-14-9-5-6-10-15(14)26(25-17)12-8-4-7-11-22/h5-6,9-10,18H,4,7-8,12-13H2,1-3H3,(H,23,30)(H,24,29)(H,27,28)/t18-/m1/s1. The Kier molecular flexibility index (Phi) is 7.53. The van der Waals surface area contributed by atoms with Gasteiger partial charge in [0.05, 0.1) is 11.6 Å². The topological polar surface area (TPSA) is 137 Å². The van der Waals surface area contributed by atoms with Crippen molar-refractivity contribution in [3.63, 3.8) is 0 Å². The number of carboxylic acid groups (broad SMARTS) is 1. The number of nitrogens with one attached hydrogen (secondary N) is 2. The molecule has 0 fully saturated rings. The van der Waals surface area contributed by atoms with Crippen LogP contribution in [0.15, 0.2) is 24.3 Å². The van der Waals surface area contributed by atoms with Gasteiger partial charge in [-0.05, 0) is 24.3 Å². The molecule has 30 heavy (non-hydrogen) atoms. The lowest BCUT2D eigenvalue weighted by Gasteiger charge is -2.30. The normalized spacial score (nSPS) is 12.2. The second kappa shape index (κ2) is 9.87. The number of aromatic nitrogens is 2. The minimum absolute atomic E-state index is 0.200. The van der Waals surface area contributed by atoms with Crippen molar-refractivity contribution < 1.29 is 19.5 Å². The van der Waals surface area contributed by atoms with Crippen molar-refractivity contribution in [1.29, 1.82) is 5.26 Å². The average molecular weight is 413 g/mol. The van der Waals surface area contributed by atoms with E-state index in [-0.39, 0.29) is 5.69 Å². The van der Waals surface area contributed by atoms with Gasteiger partial charge in [0.25, 0.3) is 5.91 Å². The molecule has 0 aliphatic rings. The molecule has 0 aliphatic heterocycles. The molecule has 1 aromatic heterocycles. The summed E-state index contributed by atoms with van der Waals surface area (Å²) in [6.45, 7) is 5.39. The van der Waals surface area contributed by atoms with E-state index in [1.54, 1.807) is 31.5 Å². The van der Waals surface area contributed by atoms with Crippen LogP contribution in [0.5, 0.6) is 0 Å². The molecular formula is C21H27N5O4. The fourth-order valence-electron chi connectivity index (χ4n) is 3.07. The van der Waals surface area contributed by atoms with Crippen molar-refractivity contribution in [1.82, 2.24) is 20.4 Å². The molecule has 9 nitrogen and oxygen atoms in total. The van der Waals surface area contributed by atoms with Crippen molar-refractivity contribution in [3.05, 3.63) is 30.0 Å². The highest BCUT2D eigenvalue weighted by Gasteiger charge is 2.34. The molecular weight excluding hydrogens is 386 g/mol. The van der Waals surface area contributed by atoms with Crippen molar-refractivity contribution in [2.75, 3.05) is 6.54 Å². The summed E-state index contributed by atoms with van der Waals surface area (Å²) >= 11 is 0. The van der Waals surface area contributed by atoms with Crippen LogP contribution >= 0.6 is 0 Å². The van der Waals surface area contributed by atoms with E-state index in [1.807, 2.05) is 18.2 Å². The van der Waals surface area contributed by atoms with E-state index in [1.165, 1.54) is 0 Å². The third-order valence-corrected chi connectivity index (χ3v) is 4.60. The monoisotopic (exact) mass is 413 g/mol. The quantitative estimate of drug-likeness (QED) is 0.538. The average Bonchev–Trinajstić information content (AvgIpc) is 3.05. The van der Waals surface area contributed by atoms with Gasteiger partial charge in [-0.1, -0.05) is 39.0 Å². The molecule has 0 radical (unpaired) electrons. The molecule has 2 aromatic rings. The van der Waals surface area contributed by atoms with E-state index in [9.17, 15) is 14.4 Å². The minimum Gasteiger partial charge on any atom is -0.480 e. The number of fused-ring (bicyclic) bond motifs is 1. The summed E-state index contributed by atoms with van der Waals surface area (Å²) in [7, 11) is 0. The molecule has 1 aromatic carbocycles. The SMILES string of the molecule is CC(C)(C)[C@H](NC(=O)c1nn(CCCCC#N)c2ccccc12)C(=O)NCC(=O)O. The Labute approximate surface area is 175 Å². The first-order valence-corrected chi connectivity index (χ1v) is 9.78. The number of carbonyl (C=O) groups is 3. The summed E-state index contributed by atoms with van der Waals surface area (Å²) in [5.74, 6) is -2.24. The van der Waals surface area contributed by atoms with E-state index >= 15 is 0 Å². The zero-order valence-corrected chi connectivity index (χ0v) is 17.4. The molecule has 0 saturated heterocycles. The molecule has 0 aliphatic carbocycles. The summed E-state index contributed by atoms with van der Waals surface area (Å²) < 4.78 is 1.73. The number of aryl methyl sites for hydroxylation is 1. The maximum atomic E-state index is 13.0. The molecule has 0 spiro atoms. The van der Waals surface area contributed by atoms with Crippen LogP contribution in [0.3, 0.4) is 0 Å². The van der Waals surface area contributed by atoms with Gasteiger partial charge >= 0.3 is 5.97 Å². The number of nitrogens with zero attached hydrogens (tertiary/aromatic N) is 3. The van der Waals surface area contributed by atoms with Crippen molar-refractivity contribution >= 4 is 28.7 Å². The van der Waals surface area contributed by atoms with Crippen LogP contribution in [0.1, 0.15) is 50.5 Å². The maximum Gasteiger partial charge on any atom is 0.322 e. The lowest BCUT2D eigenvalue weighted by molar-refractivity contribution is -0.138. The summed E-state index contributed by atoms with van der Waals surface area (Å²) in [4.78, 5) is 36.3. The number of nitriles is 1. The fourth-order valence-corrected chi connectivity index (χ4v) is 3.07. The van der Waals surface area contributed by atoms with Crippen LogP contribution < -0.4 is 10.6 Å². The zero-order valence-electron chi connectivity index (χ0n) is 17.4. The van der Waals surface area contributed by atoms with Crippen molar-refractivity contribution in [3.8, 4) is 6.07 Å². The predicted octanol–water partition coefficient (Wildman–Crippen LogP) is 2.08. The number of carbonyl (C=O) groups excluding carboxylic acids is 2. The smallest absolute Gasteiger partial charge is 0.322 e. The number of amides is 2. The first-order valence-electron chi connectivity index (χ1n) is 9.78. The summed E-state index contributed by atoms with van der Waals surface area (Å²) in [5, 5.41) is 27.6. The first-order chi connectivity index (χ1) is 14.1. The van der Waals surface area contributed by atoms with E-state index in [0.29, 0.717) is 18.4 Å². The molecule has 2 rings (SSSR count). The predicted molar refractivity (Wildman–Crippen MR) is 111 cm³/mol. The summed E-state index contributed by atoms with van der Waals surface area (Å²) in [6.07, 6.45) is 1.95. The van der Waals surface area contributed by atoms with E-state index in [2.05, 4.69) is 21.8 Å². The number of hydrogen-bond acceptors (Lipinski definition) is 5. The van der Waals surface area contributed by atoms with Gasteiger partial charge in [-0.25, -0.2) is 0 Å². The number of carboxylic acids is 1. The van der Waals surface area contributed by atoms with Crippen molar-refractivity contribution in [2.24, 2.45) is 5.41 Å². The van der Waals surface area contributed by atoms with E-state index in [4.69, 9.17) is 10.4 Å². The van der Waals surface area contributed by atoms with Crippen LogP contribution in [0.4, 0.5) is 0 Å². The molecule has 160 valence electrons. The Morgan fingerprint density at radius 1 is 1.23 bits per heavy atom. The number of benzene rings is 1. The Bertz CT molecular complexity index is 968. The van der Waals surface area contributed by atoms with Gasteiger partial charge in [0.2, 0.25) is 5.91 Å². The number of aliphatic carboxylic acids is 1. The van der Waals surface area contributed by atoms with Gasteiger partial charge in [-0.15, -0.1) is 0 Å². The fraction of sp³-hybridized carbons (Fsp3) is 0.476.